The molecule has 3 N–H and O–H groups in total. The lowest BCUT2D eigenvalue weighted by Gasteiger charge is -2.10. The summed E-state index contributed by atoms with van der Waals surface area (Å²) >= 11 is 0. The first-order valence-corrected chi connectivity index (χ1v) is 6.13. The smallest absolute Gasteiger partial charge is 0.249 e. The molecule has 6 nitrogen and oxygen atoms in total. The molecule has 0 aliphatic carbocycles. The third-order valence-corrected chi connectivity index (χ3v) is 2.77. The van der Waals surface area contributed by atoms with Crippen molar-refractivity contribution >= 4 is 23.1 Å². The minimum Gasteiger partial charge on any atom is -0.397 e. The SMILES string of the molecule is N#CC(C(=O)Nc1ccccc1)C(=O)c1ncccc1N. The first kappa shape index (κ1) is 14.2. The number of carbonyl (C=O) groups excluding carboxylic acids is 2. The molecular formula is C15H12N4O2. The van der Waals surface area contributed by atoms with Crippen molar-refractivity contribution in [3.8, 4) is 6.07 Å². The van der Waals surface area contributed by atoms with Gasteiger partial charge in [0.05, 0.1) is 11.8 Å². The molecule has 21 heavy (non-hydrogen) atoms. The summed E-state index contributed by atoms with van der Waals surface area (Å²) in [5.74, 6) is -2.93. The molecule has 1 unspecified atom stereocenters. The molecule has 1 aromatic carbocycles. The number of nitriles is 1. The van der Waals surface area contributed by atoms with E-state index in [4.69, 9.17) is 11.0 Å². The van der Waals surface area contributed by atoms with Crippen LogP contribution in [0.15, 0.2) is 48.7 Å². The number of hydrogen-bond donors (Lipinski definition) is 2. The van der Waals surface area contributed by atoms with E-state index in [1.165, 1.54) is 12.3 Å². The zero-order valence-electron chi connectivity index (χ0n) is 11.0. The van der Waals surface area contributed by atoms with Gasteiger partial charge in [0, 0.05) is 11.9 Å². The topological polar surface area (TPSA) is 109 Å². The molecule has 1 amide bonds. The maximum absolute atomic E-state index is 12.2. The van der Waals surface area contributed by atoms with Crippen LogP contribution in [0.5, 0.6) is 0 Å². The molecule has 1 aromatic heterocycles. The third-order valence-electron chi connectivity index (χ3n) is 2.77. The molecule has 0 aliphatic heterocycles. The predicted molar refractivity (Wildman–Crippen MR) is 77.2 cm³/mol. The highest BCUT2D eigenvalue weighted by Crippen LogP contribution is 2.15. The Kier molecular flexibility index (Phi) is 4.26. The van der Waals surface area contributed by atoms with Gasteiger partial charge in [0.2, 0.25) is 11.7 Å². The van der Waals surface area contributed by atoms with Gasteiger partial charge in [0.1, 0.15) is 5.69 Å². The number of aromatic nitrogens is 1. The van der Waals surface area contributed by atoms with Crippen molar-refractivity contribution in [3.63, 3.8) is 0 Å². The standard InChI is InChI=1S/C15H12N4O2/c16-9-11(14(20)13-12(17)7-4-8-18-13)15(21)19-10-5-2-1-3-6-10/h1-8,11H,17H2,(H,19,21). The summed E-state index contributed by atoms with van der Waals surface area (Å²) in [5, 5.41) is 11.6. The molecule has 0 fully saturated rings. The van der Waals surface area contributed by atoms with Crippen molar-refractivity contribution in [1.82, 2.24) is 4.98 Å². The van der Waals surface area contributed by atoms with Crippen molar-refractivity contribution in [3.05, 3.63) is 54.4 Å². The van der Waals surface area contributed by atoms with E-state index >= 15 is 0 Å². The molecule has 0 saturated carbocycles. The molecule has 1 heterocycles. The third kappa shape index (κ3) is 3.22. The summed E-state index contributed by atoms with van der Waals surface area (Å²) in [6, 6.07) is 13.3. The number of nitrogens with one attached hydrogen (secondary N) is 1. The Balaban J connectivity index is 2.20. The fraction of sp³-hybridized carbons (Fsp3) is 0.0667. The van der Waals surface area contributed by atoms with Crippen LogP contribution in [0.3, 0.4) is 0 Å². The first-order chi connectivity index (χ1) is 10.1. The van der Waals surface area contributed by atoms with Crippen LogP contribution in [0, 0.1) is 17.2 Å². The zero-order valence-corrected chi connectivity index (χ0v) is 11.0. The van der Waals surface area contributed by atoms with Gasteiger partial charge < -0.3 is 11.1 Å². The van der Waals surface area contributed by atoms with Crippen LogP contribution in [0.4, 0.5) is 11.4 Å². The molecule has 2 aromatic rings. The van der Waals surface area contributed by atoms with Crippen LogP contribution >= 0.6 is 0 Å². The van der Waals surface area contributed by atoms with Gasteiger partial charge in [0.25, 0.3) is 0 Å². The Bertz CT molecular complexity index is 707. The van der Waals surface area contributed by atoms with E-state index in [2.05, 4.69) is 10.3 Å². The van der Waals surface area contributed by atoms with Gasteiger partial charge in [-0.05, 0) is 24.3 Å². The highest BCUT2D eigenvalue weighted by atomic mass is 16.2. The number of nitrogens with zero attached hydrogens (tertiary/aromatic N) is 2. The number of carbonyl (C=O) groups is 2. The van der Waals surface area contributed by atoms with Crippen molar-refractivity contribution < 1.29 is 9.59 Å². The van der Waals surface area contributed by atoms with Crippen molar-refractivity contribution in [2.75, 3.05) is 11.1 Å². The molecule has 104 valence electrons. The minimum absolute atomic E-state index is 0.0766. The van der Waals surface area contributed by atoms with E-state index in [0.29, 0.717) is 5.69 Å². The summed E-state index contributed by atoms with van der Waals surface area (Å²) in [6.45, 7) is 0. The number of nitrogens with two attached hydrogens (primary N) is 1. The van der Waals surface area contributed by atoms with E-state index in [1.54, 1.807) is 42.5 Å². The highest BCUT2D eigenvalue weighted by molar-refractivity contribution is 6.16. The van der Waals surface area contributed by atoms with Crippen LogP contribution in [0.25, 0.3) is 0 Å². The molecule has 0 radical (unpaired) electrons. The van der Waals surface area contributed by atoms with Crippen molar-refractivity contribution in [2.24, 2.45) is 5.92 Å². The second-order valence-corrected chi connectivity index (χ2v) is 4.22. The molecule has 0 aliphatic rings. The van der Waals surface area contributed by atoms with E-state index in [-0.39, 0.29) is 11.4 Å². The average Bonchev–Trinajstić information content (AvgIpc) is 2.49. The molecular weight excluding hydrogens is 268 g/mol. The monoisotopic (exact) mass is 280 g/mol. The van der Waals surface area contributed by atoms with Crippen LogP contribution in [0.2, 0.25) is 0 Å². The fourth-order valence-electron chi connectivity index (χ4n) is 1.73. The first-order valence-electron chi connectivity index (χ1n) is 6.13. The lowest BCUT2D eigenvalue weighted by atomic mass is 10.0. The van der Waals surface area contributed by atoms with E-state index in [0.717, 1.165) is 0 Å². The summed E-state index contributed by atoms with van der Waals surface area (Å²) in [5.41, 5.74) is 6.20. The number of pyridine rings is 1. The summed E-state index contributed by atoms with van der Waals surface area (Å²) in [4.78, 5) is 28.1. The average molecular weight is 280 g/mol. The predicted octanol–water partition coefficient (Wildman–Crippen LogP) is 1.62. The Hall–Kier alpha value is -3.20. The number of Topliss-reactive ketones (excluding diaryl/α,β-unsaturated/α-hetero) is 1. The molecule has 6 heteroatoms. The van der Waals surface area contributed by atoms with Crippen LogP contribution < -0.4 is 11.1 Å². The normalized spacial score (nSPS) is 11.2. The molecule has 1 atom stereocenters. The minimum atomic E-state index is -1.50. The van der Waals surface area contributed by atoms with Gasteiger partial charge in [0.15, 0.2) is 5.92 Å². The number of anilines is 2. The second-order valence-electron chi connectivity index (χ2n) is 4.22. The van der Waals surface area contributed by atoms with E-state index < -0.39 is 17.6 Å². The van der Waals surface area contributed by atoms with Gasteiger partial charge in [-0.15, -0.1) is 0 Å². The number of benzene rings is 1. The van der Waals surface area contributed by atoms with Gasteiger partial charge >= 0.3 is 0 Å². The Morgan fingerprint density at radius 1 is 1.19 bits per heavy atom. The maximum Gasteiger partial charge on any atom is 0.249 e. The maximum atomic E-state index is 12.2. The lowest BCUT2D eigenvalue weighted by Crippen LogP contribution is -2.29. The van der Waals surface area contributed by atoms with Gasteiger partial charge in [-0.25, -0.2) is 0 Å². The van der Waals surface area contributed by atoms with Gasteiger partial charge in [-0.1, -0.05) is 18.2 Å². The zero-order chi connectivity index (χ0) is 15.2. The number of amides is 1. The Morgan fingerprint density at radius 2 is 1.90 bits per heavy atom. The van der Waals surface area contributed by atoms with Gasteiger partial charge in [-0.3, -0.25) is 14.6 Å². The number of rotatable bonds is 4. The van der Waals surface area contributed by atoms with Crippen LogP contribution in [-0.4, -0.2) is 16.7 Å². The number of hydrogen-bond acceptors (Lipinski definition) is 5. The second kappa shape index (κ2) is 6.30. The summed E-state index contributed by atoms with van der Waals surface area (Å²) in [6.07, 6.45) is 1.38. The van der Waals surface area contributed by atoms with Crippen molar-refractivity contribution in [1.29, 1.82) is 5.26 Å². The lowest BCUT2D eigenvalue weighted by molar-refractivity contribution is -0.117. The molecule has 0 bridgehead atoms. The quantitative estimate of drug-likeness (QED) is 0.653. The summed E-state index contributed by atoms with van der Waals surface area (Å²) < 4.78 is 0. The van der Waals surface area contributed by atoms with Crippen LogP contribution in [0.1, 0.15) is 10.5 Å². The van der Waals surface area contributed by atoms with E-state index in [9.17, 15) is 9.59 Å². The molecule has 0 spiro atoms. The van der Waals surface area contributed by atoms with Crippen molar-refractivity contribution in [2.45, 2.75) is 0 Å². The molecule has 2 rings (SSSR count). The highest BCUT2D eigenvalue weighted by Gasteiger charge is 2.29. The number of ketones is 1. The van der Waals surface area contributed by atoms with E-state index in [1.807, 2.05) is 0 Å². The fourth-order valence-corrected chi connectivity index (χ4v) is 1.73. The number of para-hydroxylation sites is 1. The van der Waals surface area contributed by atoms with Gasteiger partial charge in [-0.2, -0.15) is 5.26 Å². The largest absolute Gasteiger partial charge is 0.397 e. The Morgan fingerprint density at radius 3 is 2.52 bits per heavy atom. The summed E-state index contributed by atoms with van der Waals surface area (Å²) in [7, 11) is 0. The Labute approximate surface area is 121 Å². The van der Waals surface area contributed by atoms with Crippen LogP contribution in [-0.2, 0) is 4.79 Å². The molecule has 0 saturated heterocycles. The number of nitrogen functional groups attached to an aromatic ring is 1.